The molecule has 1 rings (SSSR count). The van der Waals surface area contributed by atoms with Gasteiger partial charge in [0.25, 0.3) is 5.91 Å². The van der Waals surface area contributed by atoms with E-state index in [1.54, 1.807) is 12.1 Å². The van der Waals surface area contributed by atoms with E-state index in [-0.39, 0.29) is 5.02 Å². The molecule has 0 fully saturated rings. The number of benzene rings is 1. The molecule has 1 aromatic carbocycles. The zero-order chi connectivity index (χ0) is 16.7. The molecule has 122 valence electrons. The molecule has 0 aliphatic carbocycles. The molecule has 5 nitrogen and oxygen atoms in total. The number of ether oxygens (including phenoxy) is 1. The zero-order valence-corrected chi connectivity index (χ0v) is 13.9. The number of carbonyl (C=O) groups is 2. The van der Waals surface area contributed by atoms with Gasteiger partial charge in [0.05, 0.1) is 5.02 Å². The zero-order valence-electron chi connectivity index (χ0n) is 12.4. The Kier molecular flexibility index (Phi) is 7.48. The molecule has 7 heteroatoms. The molecule has 22 heavy (non-hydrogen) atoms. The van der Waals surface area contributed by atoms with E-state index in [2.05, 4.69) is 5.32 Å². The molecule has 0 bridgehead atoms. The minimum Gasteiger partial charge on any atom is -0.480 e. The van der Waals surface area contributed by atoms with Gasteiger partial charge in [-0.3, -0.25) is 4.79 Å². The van der Waals surface area contributed by atoms with Crippen LogP contribution in [0.1, 0.15) is 33.1 Å². The second kappa shape index (κ2) is 8.86. The van der Waals surface area contributed by atoms with Crippen LogP contribution in [0.4, 0.5) is 0 Å². The lowest BCUT2D eigenvalue weighted by Crippen LogP contribution is -2.46. The molecular weight excluding hydrogens is 329 g/mol. The Balaban J connectivity index is 2.65. The fourth-order valence-corrected chi connectivity index (χ4v) is 2.22. The molecule has 2 unspecified atom stereocenters. The van der Waals surface area contributed by atoms with Gasteiger partial charge in [0.1, 0.15) is 11.8 Å². The van der Waals surface area contributed by atoms with Crippen molar-refractivity contribution >= 4 is 35.1 Å². The Morgan fingerprint density at radius 1 is 1.36 bits per heavy atom. The van der Waals surface area contributed by atoms with Crippen molar-refractivity contribution in [2.24, 2.45) is 0 Å². The summed E-state index contributed by atoms with van der Waals surface area (Å²) in [6.07, 6.45) is 1.08. The molecule has 1 aromatic rings. The molecule has 0 saturated heterocycles. The summed E-state index contributed by atoms with van der Waals surface area (Å²) in [6.45, 7) is 3.48. The molecule has 0 aliphatic heterocycles. The molecule has 1 amide bonds. The van der Waals surface area contributed by atoms with Crippen molar-refractivity contribution in [2.45, 2.75) is 45.3 Å². The molecule has 2 atom stereocenters. The summed E-state index contributed by atoms with van der Waals surface area (Å²) < 4.78 is 5.45. The summed E-state index contributed by atoms with van der Waals surface area (Å²) in [5.41, 5.74) is 0. The van der Waals surface area contributed by atoms with Crippen LogP contribution in [0.2, 0.25) is 10.0 Å². The van der Waals surface area contributed by atoms with E-state index in [0.29, 0.717) is 17.2 Å². The van der Waals surface area contributed by atoms with Gasteiger partial charge in [-0.25, -0.2) is 4.79 Å². The predicted molar refractivity (Wildman–Crippen MR) is 85.6 cm³/mol. The van der Waals surface area contributed by atoms with E-state index in [1.165, 1.54) is 13.0 Å². The van der Waals surface area contributed by atoms with Crippen molar-refractivity contribution in [1.29, 1.82) is 0 Å². The van der Waals surface area contributed by atoms with Gasteiger partial charge in [0.2, 0.25) is 0 Å². The third kappa shape index (κ3) is 5.73. The number of carbonyl (C=O) groups excluding carboxylic acids is 1. The highest BCUT2D eigenvalue weighted by atomic mass is 35.5. The number of carboxylic acid groups (broad SMARTS) is 1. The minimum atomic E-state index is -1.06. The summed E-state index contributed by atoms with van der Waals surface area (Å²) in [5, 5.41) is 12.3. The molecule has 0 aromatic heterocycles. The van der Waals surface area contributed by atoms with Crippen LogP contribution in [0, 0.1) is 0 Å². The quantitative estimate of drug-likeness (QED) is 0.754. The lowest BCUT2D eigenvalue weighted by Gasteiger charge is -2.19. The maximum absolute atomic E-state index is 12.0. The summed E-state index contributed by atoms with van der Waals surface area (Å²) in [5.74, 6) is -1.25. The van der Waals surface area contributed by atoms with Crippen molar-refractivity contribution in [3.05, 3.63) is 28.2 Å². The molecule has 0 spiro atoms. The second-order valence-corrected chi connectivity index (χ2v) is 5.72. The summed E-state index contributed by atoms with van der Waals surface area (Å²) in [4.78, 5) is 23.2. The number of amides is 1. The van der Waals surface area contributed by atoms with E-state index in [9.17, 15) is 9.59 Å². The number of nitrogens with one attached hydrogen (secondary N) is 1. The molecular formula is C15H19Cl2NO4. The van der Waals surface area contributed by atoms with Crippen LogP contribution in [0.5, 0.6) is 5.75 Å². The Bertz CT molecular complexity index is 536. The van der Waals surface area contributed by atoms with E-state index in [1.807, 2.05) is 6.92 Å². The maximum Gasteiger partial charge on any atom is 0.326 e. The number of hydrogen-bond acceptors (Lipinski definition) is 3. The summed E-state index contributed by atoms with van der Waals surface area (Å²) in [7, 11) is 0. The molecule has 2 N–H and O–H groups in total. The Morgan fingerprint density at radius 2 is 2.05 bits per heavy atom. The largest absolute Gasteiger partial charge is 0.480 e. The smallest absolute Gasteiger partial charge is 0.326 e. The van der Waals surface area contributed by atoms with Gasteiger partial charge in [-0.05, 0) is 31.5 Å². The van der Waals surface area contributed by atoms with Gasteiger partial charge in [0, 0.05) is 5.02 Å². The first-order chi connectivity index (χ1) is 10.3. The van der Waals surface area contributed by atoms with Gasteiger partial charge >= 0.3 is 5.97 Å². The second-order valence-electron chi connectivity index (χ2n) is 4.88. The third-order valence-electron chi connectivity index (χ3n) is 3.03. The Morgan fingerprint density at radius 3 is 2.59 bits per heavy atom. The van der Waals surface area contributed by atoms with Crippen LogP contribution in [0.3, 0.4) is 0 Å². The van der Waals surface area contributed by atoms with Crippen molar-refractivity contribution in [3.63, 3.8) is 0 Å². The minimum absolute atomic E-state index is 0.285. The van der Waals surface area contributed by atoms with Crippen LogP contribution in [-0.4, -0.2) is 29.1 Å². The highest BCUT2D eigenvalue weighted by molar-refractivity contribution is 6.35. The Hall–Kier alpha value is -1.46. The SMILES string of the molecule is CCCCC(NC(=O)C(C)Oc1ccc(Cl)cc1Cl)C(=O)O. The highest BCUT2D eigenvalue weighted by Crippen LogP contribution is 2.28. The number of rotatable bonds is 8. The first-order valence-corrected chi connectivity index (χ1v) is 7.75. The molecule has 0 saturated carbocycles. The van der Waals surface area contributed by atoms with E-state index in [4.69, 9.17) is 33.0 Å². The van der Waals surface area contributed by atoms with Crippen molar-refractivity contribution in [1.82, 2.24) is 5.32 Å². The number of unbranched alkanes of at least 4 members (excludes halogenated alkanes) is 1. The van der Waals surface area contributed by atoms with Gasteiger partial charge in [-0.1, -0.05) is 43.0 Å². The standard InChI is InChI=1S/C15H19Cl2NO4/c1-3-4-5-12(15(20)21)18-14(19)9(2)22-13-7-6-10(16)8-11(13)17/h6-9,12H,3-5H2,1-2H3,(H,18,19)(H,20,21). The Labute approximate surface area is 139 Å². The van der Waals surface area contributed by atoms with Crippen LogP contribution in [0.25, 0.3) is 0 Å². The topological polar surface area (TPSA) is 75.6 Å². The number of carboxylic acids is 1. The van der Waals surface area contributed by atoms with E-state index >= 15 is 0 Å². The average Bonchev–Trinajstić information content (AvgIpc) is 2.45. The molecule has 0 aliphatic rings. The highest BCUT2D eigenvalue weighted by Gasteiger charge is 2.23. The average molecular weight is 348 g/mol. The maximum atomic E-state index is 12.0. The van der Waals surface area contributed by atoms with Crippen LogP contribution < -0.4 is 10.1 Å². The summed E-state index contributed by atoms with van der Waals surface area (Å²) in [6, 6.07) is 3.73. The lowest BCUT2D eigenvalue weighted by atomic mass is 10.1. The van der Waals surface area contributed by atoms with Gasteiger partial charge in [0.15, 0.2) is 6.10 Å². The van der Waals surface area contributed by atoms with Crippen molar-refractivity contribution < 1.29 is 19.4 Å². The predicted octanol–water partition coefficient (Wildman–Crippen LogP) is 3.52. The van der Waals surface area contributed by atoms with Crippen molar-refractivity contribution in [2.75, 3.05) is 0 Å². The number of halogens is 2. The van der Waals surface area contributed by atoms with Crippen LogP contribution in [-0.2, 0) is 9.59 Å². The molecule has 0 heterocycles. The van der Waals surface area contributed by atoms with Gasteiger partial charge in [-0.2, -0.15) is 0 Å². The fraction of sp³-hybridized carbons (Fsp3) is 0.467. The first-order valence-electron chi connectivity index (χ1n) is 7.00. The molecule has 0 radical (unpaired) electrons. The monoisotopic (exact) mass is 347 g/mol. The van der Waals surface area contributed by atoms with E-state index in [0.717, 1.165) is 12.8 Å². The normalized spacial score (nSPS) is 13.3. The van der Waals surface area contributed by atoms with Crippen LogP contribution >= 0.6 is 23.2 Å². The first kappa shape index (κ1) is 18.6. The lowest BCUT2D eigenvalue weighted by molar-refractivity contribution is -0.143. The van der Waals surface area contributed by atoms with Gasteiger partial charge in [-0.15, -0.1) is 0 Å². The van der Waals surface area contributed by atoms with Gasteiger partial charge < -0.3 is 15.2 Å². The fourth-order valence-electron chi connectivity index (χ4n) is 1.77. The third-order valence-corrected chi connectivity index (χ3v) is 3.56. The van der Waals surface area contributed by atoms with E-state index < -0.39 is 24.0 Å². The van der Waals surface area contributed by atoms with Crippen LogP contribution in [0.15, 0.2) is 18.2 Å². The number of aliphatic carboxylic acids is 1. The number of hydrogen-bond donors (Lipinski definition) is 2. The summed E-state index contributed by atoms with van der Waals surface area (Å²) >= 11 is 11.8. The van der Waals surface area contributed by atoms with Crippen molar-refractivity contribution in [3.8, 4) is 5.75 Å².